The fraction of sp³-hybridized carbons (Fsp3) is 0.571. The highest BCUT2D eigenvalue weighted by Crippen LogP contribution is 2.24. The van der Waals surface area contributed by atoms with Gasteiger partial charge in [-0.2, -0.15) is 0 Å². The van der Waals surface area contributed by atoms with E-state index >= 15 is 0 Å². The third-order valence-corrected chi connectivity index (χ3v) is 5.43. The Labute approximate surface area is 161 Å². The van der Waals surface area contributed by atoms with E-state index in [2.05, 4.69) is 29.8 Å². The Morgan fingerprint density at radius 1 is 1.15 bits per heavy atom. The molecule has 0 aromatic carbocycles. The van der Waals surface area contributed by atoms with Crippen LogP contribution in [0, 0.1) is 5.92 Å². The van der Waals surface area contributed by atoms with Crippen molar-refractivity contribution in [2.45, 2.75) is 39.5 Å². The number of anilines is 1. The highest BCUT2D eigenvalue weighted by atomic mass is 16.2. The molecule has 1 aromatic rings. The molecule has 0 aliphatic carbocycles. The van der Waals surface area contributed by atoms with Crippen LogP contribution < -0.4 is 4.90 Å². The minimum Gasteiger partial charge on any atom is -0.371 e. The van der Waals surface area contributed by atoms with Crippen molar-refractivity contribution in [1.82, 2.24) is 14.8 Å². The maximum atomic E-state index is 12.8. The number of amides is 3. The van der Waals surface area contributed by atoms with Crippen molar-refractivity contribution in [1.29, 1.82) is 0 Å². The van der Waals surface area contributed by atoms with Crippen molar-refractivity contribution in [3.63, 3.8) is 0 Å². The van der Waals surface area contributed by atoms with E-state index in [1.807, 2.05) is 29.4 Å². The number of imide groups is 1. The molecule has 27 heavy (non-hydrogen) atoms. The molecule has 6 nitrogen and oxygen atoms in total. The van der Waals surface area contributed by atoms with E-state index in [1.54, 1.807) is 0 Å². The number of carbonyl (C=O) groups is 2. The molecule has 0 bridgehead atoms. The average Bonchev–Trinajstić information content (AvgIpc) is 2.68. The van der Waals surface area contributed by atoms with E-state index in [9.17, 15) is 9.59 Å². The first kappa shape index (κ1) is 19.4. The Morgan fingerprint density at radius 3 is 2.52 bits per heavy atom. The molecule has 6 heteroatoms. The van der Waals surface area contributed by atoms with Crippen LogP contribution in [0.3, 0.4) is 0 Å². The van der Waals surface area contributed by atoms with E-state index in [-0.39, 0.29) is 11.9 Å². The second-order valence-electron chi connectivity index (χ2n) is 7.73. The molecule has 146 valence electrons. The molecule has 2 aliphatic rings. The predicted octanol–water partition coefficient (Wildman–Crippen LogP) is 3.31. The Hall–Kier alpha value is -2.37. The van der Waals surface area contributed by atoms with Crippen LogP contribution in [0.25, 0.3) is 0 Å². The van der Waals surface area contributed by atoms with E-state index < -0.39 is 0 Å². The van der Waals surface area contributed by atoms with E-state index in [1.165, 1.54) is 16.2 Å². The van der Waals surface area contributed by atoms with Gasteiger partial charge in [-0.05, 0) is 51.2 Å². The number of urea groups is 1. The molecule has 0 saturated carbocycles. The van der Waals surface area contributed by atoms with Crippen LogP contribution in [-0.2, 0) is 4.79 Å². The standard InChI is InChI=1S/C21H30N4O2/c1-17(2)4-3-12-24-15-9-20(26)25(21(24)27)16-18-7-13-23(14-8-18)19-5-10-22-11-6-19/h4-6,10-11,18H,3,7-9,12-16H2,1-2H3. The summed E-state index contributed by atoms with van der Waals surface area (Å²) in [6, 6.07) is 3.95. The quantitative estimate of drug-likeness (QED) is 0.721. The molecule has 0 radical (unpaired) electrons. The van der Waals surface area contributed by atoms with Gasteiger partial charge in [-0.25, -0.2) is 4.79 Å². The summed E-state index contributed by atoms with van der Waals surface area (Å²) in [5.41, 5.74) is 2.45. The topological polar surface area (TPSA) is 56.8 Å². The van der Waals surface area contributed by atoms with Crippen molar-refractivity contribution in [3.8, 4) is 0 Å². The normalized spacial score (nSPS) is 18.8. The van der Waals surface area contributed by atoms with Crippen molar-refractivity contribution in [3.05, 3.63) is 36.2 Å². The van der Waals surface area contributed by atoms with Gasteiger partial charge >= 0.3 is 6.03 Å². The third-order valence-electron chi connectivity index (χ3n) is 5.43. The lowest BCUT2D eigenvalue weighted by molar-refractivity contribution is -0.131. The molecular weight excluding hydrogens is 340 g/mol. The van der Waals surface area contributed by atoms with Gasteiger partial charge in [0.05, 0.1) is 0 Å². The third kappa shape index (κ3) is 5.08. The van der Waals surface area contributed by atoms with E-state index in [0.29, 0.717) is 32.0 Å². The van der Waals surface area contributed by atoms with Gasteiger partial charge in [-0.1, -0.05) is 11.6 Å². The van der Waals surface area contributed by atoms with Crippen LogP contribution in [0.15, 0.2) is 36.2 Å². The zero-order valence-electron chi connectivity index (χ0n) is 16.4. The minimum absolute atomic E-state index is 0.0185. The first-order valence-electron chi connectivity index (χ1n) is 9.92. The number of piperidine rings is 1. The minimum atomic E-state index is -0.107. The van der Waals surface area contributed by atoms with Crippen LogP contribution in [0.2, 0.25) is 0 Å². The lowest BCUT2D eigenvalue weighted by Gasteiger charge is -2.38. The molecule has 2 saturated heterocycles. The molecule has 0 spiro atoms. The summed E-state index contributed by atoms with van der Waals surface area (Å²) in [6.45, 7) is 7.82. The number of aromatic nitrogens is 1. The molecule has 0 N–H and O–H groups in total. The molecule has 2 aliphatic heterocycles. The van der Waals surface area contributed by atoms with Gasteiger partial charge in [0.15, 0.2) is 0 Å². The first-order valence-corrected chi connectivity index (χ1v) is 9.92. The Balaban J connectivity index is 1.52. The van der Waals surface area contributed by atoms with Crippen molar-refractivity contribution >= 4 is 17.6 Å². The Kier molecular flexibility index (Phi) is 6.48. The number of pyridine rings is 1. The fourth-order valence-corrected chi connectivity index (χ4v) is 3.82. The highest BCUT2D eigenvalue weighted by molar-refractivity contribution is 5.96. The van der Waals surface area contributed by atoms with Gasteiger partial charge in [0.2, 0.25) is 5.91 Å². The van der Waals surface area contributed by atoms with Crippen LogP contribution in [0.4, 0.5) is 10.5 Å². The molecule has 3 rings (SSSR count). The maximum Gasteiger partial charge on any atom is 0.326 e. The van der Waals surface area contributed by atoms with Crippen molar-refractivity contribution in [2.24, 2.45) is 5.92 Å². The van der Waals surface area contributed by atoms with Crippen LogP contribution >= 0.6 is 0 Å². The van der Waals surface area contributed by atoms with Gasteiger partial charge < -0.3 is 9.80 Å². The largest absolute Gasteiger partial charge is 0.371 e. The van der Waals surface area contributed by atoms with Crippen LogP contribution in [0.5, 0.6) is 0 Å². The van der Waals surface area contributed by atoms with Crippen LogP contribution in [-0.4, -0.2) is 59.4 Å². The van der Waals surface area contributed by atoms with Crippen molar-refractivity contribution in [2.75, 3.05) is 37.6 Å². The summed E-state index contributed by atoms with van der Waals surface area (Å²) >= 11 is 0. The number of carbonyl (C=O) groups excluding carboxylic acids is 2. The zero-order valence-corrected chi connectivity index (χ0v) is 16.4. The second-order valence-corrected chi connectivity index (χ2v) is 7.73. The van der Waals surface area contributed by atoms with E-state index in [0.717, 1.165) is 32.4 Å². The van der Waals surface area contributed by atoms with Crippen molar-refractivity contribution < 1.29 is 9.59 Å². The van der Waals surface area contributed by atoms with Gasteiger partial charge in [0, 0.05) is 57.2 Å². The summed E-state index contributed by atoms with van der Waals surface area (Å²) in [6.07, 6.45) is 9.06. The SMILES string of the molecule is CC(C)=CCCN1CCC(=O)N(CC2CCN(c3ccncc3)CC2)C1=O. The van der Waals surface area contributed by atoms with Gasteiger partial charge in [-0.3, -0.25) is 14.7 Å². The summed E-state index contributed by atoms with van der Waals surface area (Å²) in [5, 5.41) is 0. The summed E-state index contributed by atoms with van der Waals surface area (Å²) in [7, 11) is 0. The number of allylic oxidation sites excluding steroid dienone is 1. The highest BCUT2D eigenvalue weighted by Gasteiger charge is 2.34. The Morgan fingerprint density at radius 2 is 1.85 bits per heavy atom. The molecule has 0 unspecified atom stereocenters. The molecule has 3 amide bonds. The lowest BCUT2D eigenvalue weighted by Crippen LogP contribution is -2.54. The Bertz CT molecular complexity index is 677. The zero-order chi connectivity index (χ0) is 19.2. The van der Waals surface area contributed by atoms with Crippen LogP contribution in [0.1, 0.15) is 39.5 Å². The number of hydrogen-bond donors (Lipinski definition) is 0. The predicted molar refractivity (Wildman–Crippen MR) is 107 cm³/mol. The molecule has 2 fully saturated rings. The molecule has 1 aromatic heterocycles. The van der Waals surface area contributed by atoms with Gasteiger partial charge in [-0.15, -0.1) is 0 Å². The average molecular weight is 370 g/mol. The number of nitrogens with zero attached hydrogens (tertiary/aromatic N) is 4. The molecular formula is C21H30N4O2. The monoisotopic (exact) mass is 370 g/mol. The smallest absolute Gasteiger partial charge is 0.326 e. The molecule has 3 heterocycles. The number of hydrogen-bond acceptors (Lipinski definition) is 4. The van der Waals surface area contributed by atoms with Gasteiger partial charge in [0.25, 0.3) is 0 Å². The second kappa shape index (κ2) is 9.02. The van der Waals surface area contributed by atoms with Gasteiger partial charge in [0.1, 0.15) is 0 Å². The first-order chi connectivity index (χ1) is 13.0. The summed E-state index contributed by atoms with van der Waals surface area (Å²) < 4.78 is 0. The summed E-state index contributed by atoms with van der Waals surface area (Å²) in [4.78, 5) is 34.9. The maximum absolute atomic E-state index is 12.8. The number of rotatable bonds is 6. The lowest BCUT2D eigenvalue weighted by atomic mass is 9.95. The molecule has 0 atom stereocenters. The van der Waals surface area contributed by atoms with E-state index in [4.69, 9.17) is 0 Å². The fourth-order valence-electron chi connectivity index (χ4n) is 3.82. The summed E-state index contributed by atoms with van der Waals surface area (Å²) in [5.74, 6) is 0.365.